The Labute approximate surface area is 88.8 Å². The normalized spacial score (nSPS) is 19.7. The van der Waals surface area contributed by atoms with Crippen LogP contribution in [0.1, 0.15) is 45.4 Å². The topological polar surface area (TPSA) is 29.3 Å². The van der Waals surface area contributed by atoms with Gasteiger partial charge in [0.05, 0.1) is 0 Å². The molecule has 14 heavy (non-hydrogen) atoms. The van der Waals surface area contributed by atoms with Crippen molar-refractivity contribution in [2.24, 2.45) is 11.1 Å². The summed E-state index contributed by atoms with van der Waals surface area (Å²) in [5, 5.41) is 0. The smallest absolute Gasteiger partial charge is 0.00160 e. The molecular weight excluding hydrogens is 172 g/mol. The maximum atomic E-state index is 5.84. The zero-order valence-electron chi connectivity index (χ0n) is 9.89. The first-order valence-corrected chi connectivity index (χ1v) is 6.11. The molecule has 1 fully saturated rings. The van der Waals surface area contributed by atoms with E-state index in [9.17, 15) is 0 Å². The van der Waals surface area contributed by atoms with E-state index >= 15 is 0 Å². The summed E-state index contributed by atoms with van der Waals surface area (Å²) in [6.07, 6.45) is 8.06. The van der Waals surface area contributed by atoms with Crippen molar-refractivity contribution in [2.75, 3.05) is 26.7 Å². The summed E-state index contributed by atoms with van der Waals surface area (Å²) in [6, 6.07) is 0. The molecule has 2 heteroatoms. The maximum Gasteiger partial charge on any atom is -0.00160 e. The second-order valence-corrected chi connectivity index (χ2v) is 4.96. The summed E-state index contributed by atoms with van der Waals surface area (Å²) in [6.45, 7) is 5.63. The molecule has 84 valence electrons. The minimum absolute atomic E-state index is 0.528. The Kier molecular flexibility index (Phi) is 4.90. The molecule has 0 aliphatic heterocycles. The monoisotopic (exact) mass is 198 g/mol. The fourth-order valence-corrected chi connectivity index (χ4v) is 2.20. The van der Waals surface area contributed by atoms with Gasteiger partial charge in [0, 0.05) is 0 Å². The van der Waals surface area contributed by atoms with E-state index in [4.69, 9.17) is 5.73 Å². The lowest BCUT2D eigenvalue weighted by atomic mass is 9.66. The Morgan fingerprint density at radius 1 is 1.29 bits per heavy atom. The molecule has 0 bridgehead atoms. The van der Waals surface area contributed by atoms with Crippen LogP contribution in [-0.2, 0) is 0 Å². The van der Waals surface area contributed by atoms with E-state index in [0.717, 1.165) is 6.54 Å². The highest BCUT2D eigenvalue weighted by Crippen LogP contribution is 2.42. The van der Waals surface area contributed by atoms with Gasteiger partial charge in [0.1, 0.15) is 0 Å². The highest BCUT2D eigenvalue weighted by Gasteiger charge is 2.34. The van der Waals surface area contributed by atoms with Crippen molar-refractivity contribution in [3.8, 4) is 0 Å². The summed E-state index contributed by atoms with van der Waals surface area (Å²) in [5.74, 6) is 0. The summed E-state index contributed by atoms with van der Waals surface area (Å²) in [5.41, 5.74) is 6.36. The van der Waals surface area contributed by atoms with E-state index in [0.29, 0.717) is 5.41 Å². The van der Waals surface area contributed by atoms with Crippen LogP contribution in [0.25, 0.3) is 0 Å². The average Bonchev–Trinajstić information content (AvgIpc) is 2.14. The van der Waals surface area contributed by atoms with Crippen molar-refractivity contribution in [3.63, 3.8) is 0 Å². The van der Waals surface area contributed by atoms with Gasteiger partial charge < -0.3 is 10.6 Å². The van der Waals surface area contributed by atoms with E-state index in [1.165, 1.54) is 51.6 Å². The van der Waals surface area contributed by atoms with E-state index in [-0.39, 0.29) is 0 Å². The molecule has 0 atom stereocenters. The Balaban J connectivity index is 2.12. The summed E-state index contributed by atoms with van der Waals surface area (Å²) < 4.78 is 0. The van der Waals surface area contributed by atoms with Crippen molar-refractivity contribution in [3.05, 3.63) is 0 Å². The SMILES string of the molecule is CCCCN(C)CCC1(CN)CCC1. The fraction of sp³-hybridized carbons (Fsp3) is 1.00. The summed E-state index contributed by atoms with van der Waals surface area (Å²) in [4.78, 5) is 2.46. The van der Waals surface area contributed by atoms with Gasteiger partial charge in [-0.05, 0) is 57.8 Å². The lowest BCUT2D eigenvalue weighted by Crippen LogP contribution is -2.40. The lowest BCUT2D eigenvalue weighted by Gasteiger charge is -2.42. The van der Waals surface area contributed by atoms with Crippen molar-refractivity contribution >= 4 is 0 Å². The standard InChI is InChI=1S/C12H26N2/c1-3-4-9-14(2)10-8-12(11-13)6-5-7-12/h3-11,13H2,1-2H3. The molecule has 0 aromatic rings. The van der Waals surface area contributed by atoms with E-state index < -0.39 is 0 Å². The highest BCUT2D eigenvalue weighted by atomic mass is 15.1. The number of rotatable bonds is 7. The molecule has 0 saturated heterocycles. The highest BCUT2D eigenvalue weighted by molar-refractivity contribution is 4.88. The summed E-state index contributed by atoms with van der Waals surface area (Å²) >= 11 is 0. The molecule has 0 radical (unpaired) electrons. The number of unbranched alkanes of at least 4 members (excludes halogenated alkanes) is 1. The maximum absolute atomic E-state index is 5.84. The number of hydrogen-bond acceptors (Lipinski definition) is 2. The van der Waals surface area contributed by atoms with Crippen LogP contribution in [0.2, 0.25) is 0 Å². The number of nitrogens with zero attached hydrogens (tertiary/aromatic N) is 1. The van der Waals surface area contributed by atoms with E-state index in [1.54, 1.807) is 0 Å². The molecule has 0 amide bonds. The third-order valence-corrected chi connectivity index (χ3v) is 3.76. The van der Waals surface area contributed by atoms with Crippen LogP contribution in [0.5, 0.6) is 0 Å². The van der Waals surface area contributed by atoms with E-state index in [2.05, 4.69) is 18.9 Å². The van der Waals surface area contributed by atoms with Gasteiger partial charge in [0.15, 0.2) is 0 Å². The quantitative estimate of drug-likeness (QED) is 0.680. The second kappa shape index (κ2) is 5.72. The minimum atomic E-state index is 0.528. The number of nitrogens with two attached hydrogens (primary N) is 1. The molecule has 0 aromatic carbocycles. The lowest BCUT2D eigenvalue weighted by molar-refractivity contribution is 0.112. The number of hydrogen-bond donors (Lipinski definition) is 1. The van der Waals surface area contributed by atoms with Crippen LogP contribution in [0.3, 0.4) is 0 Å². The first-order chi connectivity index (χ1) is 6.72. The summed E-state index contributed by atoms with van der Waals surface area (Å²) in [7, 11) is 2.23. The van der Waals surface area contributed by atoms with Gasteiger partial charge in [-0.1, -0.05) is 19.8 Å². The predicted molar refractivity (Wildman–Crippen MR) is 62.4 cm³/mol. The molecule has 2 nitrogen and oxygen atoms in total. The zero-order chi connectivity index (χ0) is 10.4. The molecular formula is C12H26N2. The molecule has 1 aliphatic rings. The van der Waals surface area contributed by atoms with Gasteiger partial charge in [-0.2, -0.15) is 0 Å². The van der Waals surface area contributed by atoms with Crippen LogP contribution in [0.15, 0.2) is 0 Å². The van der Waals surface area contributed by atoms with Gasteiger partial charge in [-0.25, -0.2) is 0 Å². The molecule has 0 spiro atoms. The zero-order valence-corrected chi connectivity index (χ0v) is 9.89. The first kappa shape index (κ1) is 12.0. The van der Waals surface area contributed by atoms with Gasteiger partial charge >= 0.3 is 0 Å². The molecule has 0 unspecified atom stereocenters. The largest absolute Gasteiger partial charge is 0.330 e. The van der Waals surface area contributed by atoms with E-state index in [1.807, 2.05) is 0 Å². The third-order valence-electron chi connectivity index (χ3n) is 3.76. The van der Waals surface area contributed by atoms with Crippen LogP contribution in [0.4, 0.5) is 0 Å². The van der Waals surface area contributed by atoms with Gasteiger partial charge in [-0.15, -0.1) is 0 Å². The van der Waals surface area contributed by atoms with Crippen LogP contribution in [0, 0.1) is 5.41 Å². The van der Waals surface area contributed by atoms with Crippen molar-refractivity contribution in [1.29, 1.82) is 0 Å². The Morgan fingerprint density at radius 2 is 2.00 bits per heavy atom. The third kappa shape index (κ3) is 3.25. The molecule has 0 heterocycles. The Morgan fingerprint density at radius 3 is 2.43 bits per heavy atom. The van der Waals surface area contributed by atoms with Crippen LogP contribution < -0.4 is 5.73 Å². The predicted octanol–water partition coefficient (Wildman–Crippen LogP) is 2.24. The molecule has 2 N–H and O–H groups in total. The fourth-order valence-electron chi connectivity index (χ4n) is 2.20. The van der Waals surface area contributed by atoms with Crippen molar-refractivity contribution in [1.82, 2.24) is 4.90 Å². The van der Waals surface area contributed by atoms with Crippen molar-refractivity contribution < 1.29 is 0 Å². The Bertz CT molecular complexity index is 147. The molecule has 1 aliphatic carbocycles. The van der Waals surface area contributed by atoms with Crippen LogP contribution >= 0.6 is 0 Å². The average molecular weight is 198 g/mol. The van der Waals surface area contributed by atoms with Gasteiger partial charge in [0.2, 0.25) is 0 Å². The van der Waals surface area contributed by atoms with Crippen LogP contribution in [-0.4, -0.2) is 31.6 Å². The Hall–Kier alpha value is -0.0800. The van der Waals surface area contributed by atoms with Crippen molar-refractivity contribution in [2.45, 2.75) is 45.4 Å². The van der Waals surface area contributed by atoms with Gasteiger partial charge in [-0.3, -0.25) is 0 Å². The molecule has 0 aromatic heterocycles. The minimum Gasteiger partial charge on any atom is -0.330 e. The first-order valence-electron chi connectivity index (χ1n) is 6.11. The second-order valence-electron chi connectivity index (χ2n) is 4.96. The van der Waals surface area contributed by atoms with Gasteiger partial charge in [0.25, 0.3) is 0 Å². The molecule has 1 rings (SSSR count). The molecule has 1 saturated carbocycles.